The van der Waals surface area contributed by atoms with Crippen LogP contribution < -0.4 is 9.54 Å². The maximum Gasteiger partial charge on any atom is 0.279 e. The molecule has 0 spiro atoms. The monoisotopic (exact) mass is 416 g/mol. The molecule has 0 saturated carbocycles. The van der Waals surface area contributed by atoms with Crippen LogP contribution in [0.2, 0.25) is 0 Å². The van der Waals surface area contributed by atoms with Crippen LogP contribution in [0.15, 0.2) is 65.0 Å². The minimum atomic E-state index is -3.31. The Kier molecular flexibility index (Phi) is 5.81. The highest BCUT2D eigenvalue weighted by molar-refractivity contribution is 7.90. The van der Waals surface area contributed by atoms with E-state index in [0.717, 1.165) is 22.2 Å². The summed E-state index contributed by atoms with van der Waals surface area (Å²) in [7, 11) is -3.31. The third kappa shape index (κ3) is 4.23. The summed E-state index contributed by atoms with van der Waals surface area (Å²) in [5, 5.41) is 0. The van der Waals surface area contributed by atoms with Crippen LogP contribution in [0.3, 0.4) is 0 Å². The lowest BCUT2D eigenvalue weighted by Gasteiger charge is -2.04. The molecule has 0 aliphatic heterocycles. The first-order chi connectivity index (χ1) is 13.3. The molecule has 1 amide bonds. The molecular weight excluding hydrogens is 396 g/mol. The third-order valence-electron chi connectivity index (χ3n) is 4.00. The van der Waals surface area contributed by atoms with Gasteiger partial charge in [-0.15, -0.1) is 6.58 Å². The minimum absolute atomic E-state index is 0.163. The smallest absolute Gasteiger partial charge is 0.279 e. The summed E-state index contributed by atoms with van der Waals surface area (Å²) in [6, 6.07) is 11.5. The van der Waals surface area contributed by atoms with Crippen LogP contribution in [-0.4, -0.2) is 31.8 Å². The highest BCUT2D eigenvalue weighted by Crippen LogP contribution is 2.23. The Hall–Kier alpha value is -2.71. The van der Waals surface area contributed by atoms with E-state index in [1.807, 2.05) is 29.7 Å². The molecule has 146 valence electrons. The molecule has 0 unspecified atom stereocenters. The van der Waals surface area contributed by atoms with Gasteiger partial charge in [0, 0.05) is 18.4 Å². The first-order valence-corrected chi connectivity index (χ1v) is 11.3. The van der Waals surface area contributed by atoms with Crippen molar-refractivity contribution >= 4 is 37.3 Å². The molecule has 28 heavy (non-hydrogen) atoms. The summed E-state index contributed by atoms with van der Waals surface area (Å²) < 4.78 is 31.5. The molecule has 8 heteroatoms. The number of hydrogen-bond donors (Lipinski definition) is 0. The van der Waals surface area contributed by atoms with E-state index < -0.39 is 15.7 Å². The van der Waals surface area contributed by atoms with Crippen molar-refractivity contribution in [1.82, 2.24) is 4.57 Å². The Balaban J connectivity index is 2.05. The van der Waals surface area contributed by atoms with Gasteiger partial charge in [-0.25, -0.2) is 8.42 Å². The van der Waals surface area contributed by atoms with Gasteiger partial charge in [0.15, 0.2) is 14.6 Å². The molecule has 0 bridgehead atoms. The summed E-state index contributed by atoms with van der Waals surface area (Å²) in [6.45, 7) is 6.78. The van der Waals surface area contributed by atoms with Gasteiger partial charge in [0.2, 0.25) is 0 Å². The van der Waals surface area contributed by atoms with Crippen LogP contribution >= 0.6 is 11.3 Å². The molecule has 0 radical (unpaired) electrons. The molecule has 3 rings (SSSR count). The second-order valence-corrected chi connectivity index (χ2v) is 9.08. The molecular formula is C20H20N2O4S2. The van der Waals surface area contributed by atoms with Gasteiger partial charge in [-0.05, 0) is 49.4 Å². The van der Waals surface area contributed by atoms with Crippen molar-refractivity contribution in [3.8, 4) is 5.75 Å². The predicted octanol–water partition coefficient (Wildman–Crippen LogP) is 3.43. The van der Waals surface area contributed by atoms with Gasteiger partial charge < -0.3 is 9.30 Å². The van der Waals surface area contributed by atoms with Crippen LogP contribution in [0.1, 0.15) is 17.3 Å². The van der Waals surface area contributed by atoms with E-state index >= 15 is 0 Å². The van der Waals surface area contributed by atoms with Gasteiger partial charge in [-0.2, -0.15) is 4.99 Å². The number of aromatic nitrogens is 1. The van der Waals surface area contributed by atoms with Crippen LogP contribution in [0, 0.1) is 0 Å². The molecule has 0 fully saturated rings. The lowest BCUT2D eigenvalue weighted by Crippen LogP contribution is -2.16. The molecule has 1 aromatic heterocycles. The zero-order valence-corrected chi connectivity index (χ0v) is 17.2. The lowest BCUT2D eigenvalue weighted by molar-refractivity contribution is 0.0998. The first-order valence-electron chi connectivity index (χ1n) is 8.59. The van der Waals surface area contributed by atoms with Gasteiger partial charge in [-0.3, -0.25) is 4.79 Å². The van der Waals surface area contributed by atoms with E-state index in [4.69, 9.17) is 4.74 Å². The molecule has 3 aromatic rings. The fourth-order valence-corrected chi connectivity index (χ4v) is 4.39. The average Bonchev–Trinajstić information content (AvgIpc) is 2.98. The fraction of sp³-hybridized carbons (Fsp3) is 0.200. The van der Waals surface area contributed by atoms with Gasteiger partial charge >= 0.3 is 0 Å². The zero-order valence-electron chi connectivity index (χ0n) is 15.6. The van der Waals surface area contributed by atoms with Crippen molar-refractivity contribution < 1.29 is 17.9 Å². The Morgan fingerprint density at radius 3 is 2.57 bits per heavy atom. The number of fused-ring (bicyclic) bond motifs is 1. The average molecular weight is 417 g/mol. The van der Waals surface area contributed by atoms with Crippen LogP contribution in [-0.2, 0) is 16.4 Å². The Labute approximate surface area is 167 Å². The van der Waals surface area contributed by atoms with Gasteiger partial charge in [0.05, 0.1) is 21.7 Å². The number of sulfone groups is 1. The number of ether oxygens (including phenoxy) is 1. The summed E-state index contributed by atoms with van der Waals surface area (Å²) in [4.78, 5) is 17.6. The van der Waals surface area contributed by atoms with Gasteiger partial charge in [-0.1, -0.05) is 17.4 Å². The standard InChI is InChI=1S/C20H20N2O4S2/c1-4-12-22-17-11-8-15(26-5-2)13-18(17)27-20(22)21-19(23)14-6-9-16(10-7-14)28(3,24)25/h4,6-11,13H,1,5,12H2,2-3H3. The maximum atomic E-state index is 12.6. The topological polar surface area (TPSA) is 77.7 Å². The largest absolute Gasteiger partial charge is 0.494 e. The number of allylic oxidation sites excluding steroid dienone is 1. The summed E-state index contributed by atoms with van der Waals surface area (Å²) in [5.74, 6) is 0.325. The van der Waals surface area contributed by atoms with Crippen molar-refractivity contribution in [1.29, 1.82) is 0 Å². The van der Waals surface area contributed by atoms with E-state index in [1.54, 1.807) is 6.08 Å². The summed E-state index contributed by atoms with van der Waals surface area (Å²) in [6.07, 6.45) is 2.87. The highest BCUT2D eigenvalue weighted by atomic mass is 32.2. The fourth-order valence-electron chi connectivity index (χ4n) is 2.70. The van der Waals surface area contributed by atoms with E-state index in [2.05, 4.69) is 11.6 Å². The number of amides is 1. The number of nitrogens with zero attached hydrogens (tertiary/aromatic N) is 2. The van der Waals surface area contributed by atoms with Crippen molar-refractivity contribution in [3.63, 3.8) is 0 Å². The van der Waals surface area contributed by atoms with Crippen molar-refractivity contribution in [3.05, 3.63) is 65.5 Å². The molecule has 0 atom stereocenters. The van der Waals surface area contributed by atoms with Crippen molar-refractivity contribution in [2.45, 2.75) is 18.4 Å². The van der Waals surface area contributed by atoms with E-state index in [-0.39, 0.29) is 4.90 Å². The van der Waals surface area contributed by atoms with Crippen molar-refractivity contribution in [2.75, 3.05) is 12.9 Å². The molecule has 0 aliphatic rings. The number of carbonyl (C=O) groups excluding carboxylic acids is 1. The van der Waals surface area contributed by atoms with Crippen LogP contribution in [0.4, 0.5) is 0 Å². The number of benzene rings is 2. The normalized spacial score (nSPS) is 12.3. The molecule has 0 saturated heterocycles. The highest BCUT2D eigenvalue weighted by Gasteiger charge is 2.12. The predicted molar refractivity (Wildman–Crippen MR) is 111 cm³/mol. The maximum absolute atomic E-state index is 12.6. The van der Waals surface area contributed by atoms with Crippen LogP contribution in [0.5, 0.6) is 5.75 Å². The summed E-state index contributed by atoms with van der Waals surface area (Å²) >= 11 is 1.39. The third-order valence-corrected chi connectivity index (χ3v) is 6.17. The number of rotatable bonds is 6. The van der Waals surface area contributed by atoms with Crippen LogP contribution in [0.25, 0.3) is 10.2 Å². The lowest BCUT2D eigenvalue weighted by atomic mass is 10.2. The minimum Gasteiger partial charge on any atom is -0.494 e. The molecule has 1 heterocycles. The molecule has 2 aromatic carbocycles. The van der Waals surface area contributed by atoms with E-state index in [9.17, 15) is 13.2 Å². The SMILES string of the molecule is C=CCn1c(=NC(=O)c2ccc(S(C)(=O)=O)cc2)sc2cc(OCC)ccc21. The van der Waals surface area contributed by atoms with E-state index in [1.165, 1.54) is 35.6 Å². The molecule has 0 N–H and O–H groups in total. The Morgan fingerprint density at radius 1 is 1.25 bits per heavy atom. The Morgan fingerprint density at radius 2 is 1.96 bits per heavy atom. The molecule has 6 nitrogen and oxygen atoms in total. The Bertz CT molecular complexity index is 1200. The number of carbonyl (C=O) groups is 1. The number of hydrogen-bond acceptors (Lipinski definition) is 5. The van der Waals surface area contributed by atoms with Gasteiger partial charge in [0.1, 0.15) is 5.75 Å². The second kappa shape index (κ2) is 8.12. The molecule has 0 aliphatic carbocycles. The van der Waals surface area contributed by atoms with E-state index in [0.29, 0.717) is 23.5 Å². The number of thiazole rings is 1. The van der Waals surface area contributed by atoms with Crippen molar-refractivity contribution in [2.24, 2.45) is 4.99 Å². The summed E-state index contributed by atoms with van der Waals surface area (Å²) in [5.41, 5.74) is 1.26. The quantitative estimate of drug-likeness (QED) is 0.577. The first kappa shape index (κ1) is 20.0. The van der Waals surface area contributed by atoms with Gasteiger partial charge in [0.25, 0.3) is 5.91 Å². The second-order valence-electron chi connectivity index (χ2n) is 6.06. The zero-order chi connectivity index (χ0) is 20.3.